The van der Waals surface area contributed by atoms with E-state index in [1.165, 1.54) is 12.1 Å². The molecule has 18 heavy (non-hydrogen) atoms. The van der Waals surface area contributed by atoms with Crippen molar-refractivity contribution < 1.29 is 27.4 Å². The largest absolute Gasteiger partial charge is 0.487 e. The topological polar surface area (TPSA) is 29.5 Å². The molecule has 1 aromatic carbocycles. The Hall–Kier alpha value is -1.30. The van der Waals surface area contributed by atoms with E-state index in [1.54, 1.807) is 6.92 Å². The number of hydrogen-bond donors (Lipinski definition) is 1. The Morgan fingerprint density at radius 1 is 1.44 bits per heavy atom. The summed E-state index contributed by atoms with van der Waals surface area (Å²) in [5.74, 6) is -3.29. The summed E-state index contributed by atoms with van der Waals surface area (Å²) in [5, 5.41) is 9.54. The van der Waals surface area contributed by atoms with E-state index in [4.69, 9.17) is 4.74 Å². The molecule has 0 spiro atoms. The zero-order chi connectivity index (χ0) is 13.5. The fourth-order valence-corrected chi connectivity index (χ4v) is 2.16. The second-order valence-electron chi connectivity index (χ2n) is 4.32. The molecular weight excluding hydrogens is 252 g/mol. The predicted molar refractivity (Wildman–Crippen MR) is 56.3 cm³/mol. The van der Waals surface area contributed by atoms with E-state index >= 15 is 0 Å². The van der Waals surface area contributed by atoms with Gasteiger partial charge >= 0.3 is 0 Å². The summed E-state index contributed by atoms with van der Waals surface area (Å²) in [6.45, 7) is 0.734. The molecule has 0 saturated heterocycles. The van der Waals surface area contributed by atoms with Crippen molar-refractivity contribution in [3.8, 4) is 5.75 Å². The van der Waals surface area contributed by atoms with Crippen LogP contribution in [-0.2, 0) is 6.42 Å². The van der Waals surface area contributed by atoms with E-state index in [1.807, 2.05) is 0 Å². The molecule has 2 nitrogen and oxygen atoms in total. The van der Waals surface area contributed by atoms with Crippen molar-refractivity contribution in [1.29, 1.82) is 0 Å². The molecule has 1 aliphatic rings. The number of fused-ring (bicyclic) bond motifs is 1. The second kappa shape index (κ2) is 4.42. The van der Waals surface area contributed by atoms with Crippen molar-refractivity contribution in [1.82, 2.24) is 0 Å². The Bertz CT molecular complexity index is 460. The number of aliphatic hydroxyl groups is 1. The van der Waals surface area contributed by atoms with Gasteiger partial charge in [0.25, 0.3) is 12.3 Å². The van der Waals surface area contributed by atoms with Crippen LogP contribution in [0.15, 0.2) is 12.1 Å². The number of aryl methyl sites for hydroxylation is 1. The monoisotopic (exact) mass is 264 g/mol. The van der Waals surface area contributed by atoms with E-state index in [-0.39, 0.29) is 16.9 Å². The number of benzene rings is 1. The van der Waals surface area contributed by atoms with E-state index < -0.39 is 31.5 Å². The third kappa shape index (κ3) is 2.16. The molecule has 0 radical (unpaired) electrons. The molecule has 0 bridgehead atoms. The van der Waals surface area contributed by atoms with Crippen LogP contribution in [0.3, 0.4) is 0 Å². The highest BCUT2D eigenvalue weighted by Gasteiger charge is 2.48. The first kappa shape index (κ1) is 13.1. The van der Waals surface area contributed by atoms with E-state index in [9.17, 15) is 22.7 Å². The molecular formula is C12H12F4O2. The van der Waals surface area contributed by atoms with Crippen LogP contribution in [0.1, 0.15) is 22.8 Å². The SMILES string of the molecule is Cc1ccc(OCC(F)F)c2c1C(O)C(F)(F)C2. The van der Waals surface area contributed by atoms with Gasteiger partial charge in [-0.3, -0.25) is 0 Å². The fourth-order valence-electron chi connectivity index (χ4n) is 2.16. The Morgan fingerprint density at radius 2 is 2.11 bits per heavy atom. The maximum absolute atomic E-state index is 13.4. The molecule has 6 heteroatoms. The zero-order valence-electron chi connectivity index (χ0n) is 9.59. The van der Waals surface area contributed by atoms with Crippen LogP contribution in [0.2, 0.25) is 0 Å². The number of rotatable bonds is 3. The molecule has 1 aromatic rings. The van der Waals surface area contributed by atoms with Gasteiger partial charge in [-0.2, -0.15) is 0 Å². The third-order valence-corrected chi connectivity index (χ3v) is 2.98. The molecule has 1 aliphatic carbocycles. The van der Waals surface area contributed by atoms with Gasteiger partial charge in [0.1, 0.15) is 18.5 Å². The Kier molecular flexibility index (Phi) is 3.23. The summed E-state index contributed by atoms with van der Waals surface area (Å²) in [4.78, 5) is 0. The minimum absolute atomic E-state index is 0.00729. The molecule has 1 atom stereocenters. The summed E-state index contributed by atoms with van der Waals surface area (Å²) in [7, 11) is 0. The summed E-state index contributed by atoms with van der Waals surface area (Å²) in [6, 6.07) is 2.86. The van der Waals surface area contributed by atoms with Crippen molar-refractivity contribution in [3.63, 3.8) is 0 Å². The molecule has 0 heterocycles. The molecule has 2 rings (SSSR count). The number of alkyl halides is 4. The van der Waals surface area contributed by atoms with Crippen LogP contribution in [-0.4, -0.2) is 24.1 Å². The van der Waals surface area contributed by atoms with Gasteiger partial charge in [-0.1, -0.05) is 6.07 Å². The lowest BCUT2D eigenvalue weighted by atomic mass is 10.0. The first-order valence-electron chi connectivity index (χ1n) is 5.42. The van der Waals surface area contributed by atoms with Crippen LogP contribution in [0.25, 0.3) is 0 Å². The summed E-state index contributed by atoms with van der Waals surface area (Å²) >= 11 is 0. The Labute approximate surface area is 101 Å². The Balaban J connectivity index is 2.37. The van der Waals surface area contributed by atoms with Gasteiger partial charge in [0.05, 0.1) is 0 Å². The lowest BCUT2D eigenvalue weighted by Gasteiger charge is -2.14. The van der Waals surface area contributed by atoms with Crippen LogP contribution in [0.4, 0.5) is 17.6 Å². The fraction of sp³-hybridized carbons (Fsp3) is 0.500. The zero-order valence-corrected chi connectivity index (χ0v) is 9.59. The first-order chi connectivity index (χ1) is 8.33. The van der Waals surface area contributed by atoms with Gasteiger partial charge in [-0.05, 0) is 24.1 Å². The van der Waals surface area contributed by atoms with Gasteiger partial charge < -0.3 is 9.84 Å². The average Bonchev–Trinajstić information content (AvgIpc) is 2.50. The van der Waals surface area contributed by atoms with Gasteiger partial charge in [-0.25, -0.2) is 17.6 Å². The normalized spacial score (nSPS) is 21.2. The van der Waals surface area contributed by atoms with Crippen molar-refractivity contribution in [2.75, 3.05) is 6.61 Å². The molecule has 1 N–H and O–H groups in total. The average molecular weight is 264 g/mol. The highest BCUT2D eigenvalue weighted by Crippen LogP contribution is 2.47. The van der Waals surface area contributed by atoms with Crippen LogP contribution in [0.5, 0.6) is 5.75 Å². The molecule has 0 amide bonds. The molecule has 0 aliphatic heterocycles. The maximum Gasteiger partial charge on any atom is 0.281 e. The highest BCUT2D eigenvalue weighted by atomic mass is 19.3. The van der Waals surface area contributed by atoms with Crippen LogP contribution < -0.4 is 4.74 Å². The van der Waals surface area contributed by atoms with Gasteiger partial charge in [0, 0.05) is 12.0 Å². The van der Waals surface area contributed by atoms with E-state index in [0.717, 1.165) is 0 Å². The number of halogens is 4. The molecule has 0 aromatic heterocycles. The summed E-state index contributed by atoms with van der Waals surface area (Å²) in [5.41, 5.74) is 0.707. The molecule has 0 fully saturated rings. The van der Waals surface area contributed by atoms with Crippen LogP contribution >= 0.6 is 0 Å². The highest BCUT2D eigenvalue weighted by molar-refractivity contribution is 5.50. The summed E-state index contributed by atoms with van der Waals surface area (Å²) < 4.78 is 55.8. The van der Waals surface area contributed by atoms with Gasteiger partial charge in [-0.15, -0.1) is 0 Å². The molecule has 100 valence electrons. The van der Waals surface area contributed by atoms with Crippen molar-refractivity contribution in [2.24, 2.45) is 0 Å². The second-order valence-corrected chi connectivity index (χ2v) is 4.32. The first-order valence-corrected chi connectivity index (χ1v) is 5.42. The predicted octanol–water partition coefficient (Wildman–Crippen LogP) is 2.86. The van der Waals surface area contributed by atoms with Gasteiger partial charge in [0.15, 0.2) is 0 Å². The quantitative estimate of drug-likeness (QED) is 0.851. The maximum atomic E-state index is 13.4. The lowest BCUT2D eigenvalue weighted by molar-refractivity contribution is -0.0970. The minimum Gasteiger partial charge on any atom is -0.487 e. The molecule has 0 saturated carbocycles. The number of hydrogen-bond acceptors (Lipinski definition) is 2. The lowest BCUT2D eigenvalue weighted by Crippen LogP contribution is -2.21. The minimum atomic E-state index is -3.28. The van der Waals surface area contributed by atoms with Crippen molar-refractivity contribution in [2.45, 2.75) is 31.8 Å². The van der Waals surface area contributed by atoms with Gasteiger partial charge in [0.2, 0.25) is 0 Å². The van der Waals surface area contributed by atoms with E-state index in [2.05, 4.69) is 0 Å². The number of ether oxygens (including phenoxy) is 1. The third-order valence-electron chi connectivity index (χ3n) is 2.98. The smallest absolute Gasteiger partial charge is 0.281 e. The standard InChI is InChI=1S/C12H12F4O2/c1-6-2-3-8(18-5-9(13)14)7-4-12(15,16)11(17)10(6)7/h2-3,9,11,17H,4-5H2,1H3. The van der Waals surface area contributed by atoms with Crippen LogP contribution in [0, 0.1) is 6.92 Å². The van der Waals surface area contributed by atoms with E-state index in [0.29, 0.717) is 5.56 Å². The molecule has 1 unspecified atom stereocenters. The summed E-state index contributed by atoms with van der Waals surface area (Å²) in [6.07, 6.45) is -5.26. The van der Waals surface area contributed by atoms with Crippen molar-refractivity contribution in [3.05, 3.63) is 28.8 Å². The number of aliphatic hydroxyl groups excluding tert-OH is 1. The van der Waals surface area contributed by atoms with Crippen molar-refractivity contribution >= 4 is 0 Å². The Morgan fingerprint density at radius 3 is 2.72 bits per heavy atom.